The Labute approximate surface area is 274 Å². The largest absolute Gasteiger partial charge is 0.455 e. The van der Waals surface area contributed by atoms with E-state index in [4.69, 9.17) is 9.47 Å². The number of rotatable bonds is 28. The average Bonchev–Trinajstić information content (AvgIpc) is 3.64. The summed E-state index contributed by atoms with van der Waals surface area (Å²) in [7, 11) is 0. The Balaban J connectivity index is 1.41. The second-order valence-electron chi connectivity index (χ2n) is 13.9. The summed E-state index contributed by atoms with van der Waals surface area (Å²) in [6, 6.07) is 0. The molecule has 1 saturated heterocycles. The van der Waals surface area contributed by atoms with Crippen molar-refractivity contribution in [2.75, 3.05) is 0 Å². The van der Waals surface area contributed by atoms with Crippen LogP contribution in [0.1, 0.15) is 168 Å². The van der Waals surface area contributed by atoms with Crippen LogP contribution in [0.25, 0.3) is 0 Å². The molecule has 2 aliphatic heterocycles. The van der Waals surface area contributed by atoms with Crippen LogP contribution in [0, 0.1) is 0 Å². The summed E-state index contributed by atoms with van der Waals surface area (Å²) in [5, 5.41) is 52.2. The molecule has 0 bridgehead atoms. The highest BCUT2D eigenvalue weighted by Gasteiger charge is 2.34. The van der Waals surface area contributed by atoms with Crippen LogP contribution in [0.15, 0.2) is 11.6 Å². The number of cyclic esters (lactones) is 1. The third kappa shape index (κ3) is 17.6. The second-order valence-corrected chi connectivity index (χ2v) is 13.9. The summed E-state index contributed by atoms with van der Waals surface area (Å²) in [4.78, 5) is 11.6. The minimum absolute atomic E-state index is 0.0689. The number of carbonyl (C=O) groups is 1. The highest BCUT2D eigenvalue weighted by atomic mass is 16.5. The fourth-order valence-corrected chi connectivity index (χ4v) is 6.77. The number of ether oxygens (including phenoxy) is 2. The van der Waals surface area contributed by atoms with E-state index in [0.29, 0.717) is 44.9 Å². The standard InChI is InChI=1S/C37H68O8/c1-3-4-5-15-19-30(38)20-17-22-33(41)35-25-26-36(45-35)34(42)24-23-32(40)31(39)21-16-13-11-9-7-6-8-10-12-14-18-29-27-28(2)44-37(29)43/h27-28,30-36,38-42H,3-26H2,1-2H3. The molecule has 0 radical (unpaired) electrons. The molecule has 0 aromatic heterocycles. The van der Waals surface area contributed by atoms with E-state index in [2.05, 4.69) is 6.92 Å². The Kier molecular flexibility index (Phi) is 21.6. The average molecular weight is 641 g/mol. The van der Waals surface area contributed by atoms with Crippen molar-refractivity contribution in [2.45, 2.75) is 217 Å². The molecule has 2 rings (SSSR count). The van der Waals surface area contributed by atoms with Gasteiger partial charge in [-0.05, 0) is 83.6 Å². The number of esters is 1. The van der Waals surface area contributed by atoms with Crippen LogP contribution < -0.4 is 0 Å². The van der Waals surface area contributed by atoms with E-state index in [1.54, 1.807) is 0 Å². The van der Waals surface area contributed by atoms with Gasteiger partial charge in [-0.15, -0.1) is 0 Å². The molecule has 45 heavy (non-hydrogen) atoms. The molecule has 0 spiro atoms. The fraction of sp³-hybridized carbons (Fsp3) is 0.919. The Morgan fingerprint density at radius 2 is 1.16 bits per heavy atom. The Hall–Kier alpha value is -1.03. The molecule has 8 atom stereocenters. The first kappa shape index (κ1) is 40.1. The van der Waals surface area contributed by atoms with Crippen molar-refractivity contribution >= 4 is 5.97 Å². The topological polar surface area (TPSA) is 137 Å². The molecule has 0 aliphatic carbocycles. The van der Waals surface area contributed by atoms with Gasteiger partial charge in [0.05, 0.1) is 42.7 Å². The van der Waals surface area contributed by atoms with E-state index in [0.717, 1.165) is 69.8 Å². The number of hydrogen-bond donors (Lipinski definition) is 5. The van der Waals surface area contributed by atoms with Crippen LogP contribution in [0.5, 0.6) is 0 Å². The van der Waals surface area contributed by atoms with Crippen molar-refractivity contribution in [1.29, 1.82) is 0 Å². The van der Waals surface area contributed by atoms with Crippen LogP contribution in [0.3, 0.4) is 0 Å². The molecular weight excluding hydrogens is 572 g/mol. The van der Waals surface area contributed by atoms with Gasteiger partial charge in [0.25, 0.3) is 0 Å². The van der Waals surface area contributed by atoms with Gasteiger partial charge >= 0.3 is 5.97 Å². The van der Waals surface area contributed by atoms with Crippen molar-refractivity contribution < 1.29 is 39.8 Å². The molecule has 0 saturated carbocycles. The van der Waals surface area contributed by atoms with E-state index in [1.807, 2.05) is 13.0 Å². The van der Waals surface area contributed by atoms with Crippen LogP contribution in [-0.2, 0) is 14.3 Å². The molecule has 0 aromatic carbocycles. The number of hydrogen-bond acceptors (Lipinski definition) is 8. The summed E-state index contributed by atoms with van der Waals surface area (Å²) in [6.07, 6.45) is 20.3. The number of carbonyl (C=O) groups excluding carboxylic acids is 1. The highest BCUT2D eigenvalue weighted by molar-refractivity contribution is 5.90. The van der Waals surface area contributed by atoms with Crippen LogP contribution in [-0.4, -0.2) is 80.3 Å². The van der Waals surface area contributed by atoms with Crippen LogP contribution in [0.4, 0.5) is 0 Å². The monoisotopic (exact) mass is 640 g/mol. The SMILES string of the molecule is CCCCCCC(O)CCCC(O)C1CCC(C(O)CCC(O)C(O)CCCCCCCCCCCCC2=CC(C)OC2=O)O1. The molecule has 0 aromatic rings. The minimum Gasteiger partial charge on any atom is -0.455 e. The van der Waals surface area contributed by atoms with Gasteiger partial charge in [-0.2, -0.15) is 0 Å². The van der Waals surface area contributed by atoms with Crippen LogP contribution in [0.2, 0.25) is 0 Å². The smallest absolute Gasteiger partial charge is 0.334 e. The first-order chi connectivity index (χ1) is 21.7. The van der Waals surface area contributed by atoms with Gasteiger partial charge in [-0.1, -0.05) is 90.4 Å². The van der Waals surface area contributed by atoms with Crippen molar-refractivity contribution in [2.24, 2.45) is 0 Å². The lowest BCUT2D eigenvalue weighted by Gasteiger charge is -2.24. The second kappa shape index (κ2) is 24.2. The lowest BCUT2D eigenvalue weighted by Crippen LogP contribution is -2.33. The summed E-state index contributed by atoms with van der Waals surface area (Å²) in [5.41, 5.74) is 0.842. The van der Waals surface area contributed by atoms with Gasteiger partial charge in [0.2, 0.25) is 0 Å². The lowest BCUT2D eigenvalue weighted by molar-refractivity contribution is -0.139. The molecule has 8 unspecified atom stereocenters. The van der Waals surface area contributed by atoms with E-state index < -0.39 is 24.4 Å². The fourth-order valence-electron chi connectivity index (χ4n) is 6.77. The Bertz CT molecular complexity index is 788. The Morgan fingerprint density at radius 3 is 1.76 bits per heavy atom. The number of aliphatic hydroxyl groups is 5. The third-order valence-corrected chi connectivity index (χ3v) is 9.76. The van der Waals surface area contributed by atoms with Gasteiger partial charge < -0.3 is 35.0 Å². The van der Waals surface area contributed by atoms with Crippen molar-refractivity contribution in [3.05, 3.63) is 11.6 Å². The molecule has 8 heteroatoms. The predicted octanol–water partition coefficient (Wildman–Crippen LogP) is 6.81. The molecule has 2 heterocycles. The Morgan fingerprint density at radius 1 is 0.644 bits per heavy atom. The normalized spacial score (nSPS) is 23.5. The lowest BCUT2D eigenvalue weighted by atomic mass is 9.97. The van der Waals surface area contributed by atoms with Gasteiger partial charge in [0.1, 0.15) is 6.10 Å². The van der Waals surface area contributed by atoms with Gasteiger partial charge in [0.15, 0.2) is 0 Å². The molecular formula is C37H68O8. The molecule has 1 fully saturated rings. The first-order valence-electron chi connectivity index (χ1n) is 18.7. The maximum absolute atomic E-state index is 11.6. The van der Waals surface area contributed by atoms with Crippen LogP contribution >= 0.6 is 0 Å². The quantitative estimate of drug-likeness (QED) is 0.0465. The highest BCUT2D eigenvalue weighted by Crippen LogP contribution is 2.29. The zero-order valence-corrected chi connectivity index (χ0v) is 28.6. The van der Waals surface area contributed by atoms with E-state index in [-0.39, 0.29) is 30.4 Å². The van der Waals surface area contributed by atoms with Crippen molar-refractivity contribution in [3.63, 3.8) is 0 Å². The van der Waals surface area contributed by atoms with Gasteiger partial charge in [-0.3, -0.25) is 0 Å². The minimum atomic E-state index is -0.852. The first-order valence-corrected chi connectivity index (χ1v) is 18.7. The molecule has 0 amide bonds. The van der Waals surface area contributed by atoms with Gasteiger partial charge in [0, 0.05) is 5.57 Å². The maximum Gasteiger partial charge on any atom is 0.334 e. The third-order valence-electron chi connectivity index (χ3n) is 9.76. The zero-order valence-electron chi connectivity index (χ0n) is 28.6. The summed E-state index contributed by atoms with van der Waals surface area (Å²) in [5.74, 6) is -0.142. The molecule has 8 nitrogen and oxygen atoms in total. The molecule has 5 N–H and O–H groups in total. The van der Waals surface area contributed by atoms with E-state index in [1.165, 1.54) is 44.9 Å². The number of unbranched alkanes of at least 4 members (excludes halogenated alkanes) is 12. The van der Waals surface area contributed by atoms with E-state index >= 15 is 0 Å². The summed E-state index contributed by atoms with van der Waals surface area (Å²) in [6.45, 7) is 4.07. The summed E-state index contributed by atoms with van der Waals surface area (Å²) < 4.78 is 11.1. The van der Waals surface area contributed by atoms with E-state index in [9.17, 15) is 30.3 Å². The molecule has 2 aliphatic rings. The van der Waals surface area contributed by atoms with Crippen molar-refractivity contribution in [1.82, 2.24) is 0 Å². The zero-order chi connectivity index (χ0) is 32.9. The van der Waals surface area contributed by atoms with Crippen molar-refractivity contribution in [3.8, 4) is 0 Å². The number of aliphatic hydroxyl groups excluding tert-OH is 5. The predicted molar refractivity (Wildman–Crippen MR) is 179 cm³/mol. The van der Waals surface area contributed by atoms with Gasteiger partial charge in [-0.25, -0.2) is 4.79 Å². The molecule has 264 valence electrons. The maximum atomic E-state index is 11.6. The summed E-state index contributed by atoms with van der Waals surface area (Å²) >= 11 is 0.